The van der Waals surface area contributed by atoms with Crippen LogP contribution in [0.15, 0.2) is 42.5 Å². The topological polar surface area (TPSA) is 24.5 Å². The van der Waals surface area contributed by atoms with Crippen molar-refractivity contribution < 1.29 is 4.74 Å². The van der Waals surface area contributed by atoms with Gasteiger partial charge in [-0.1, -0.05) is 42.5 Å². The molecule has 0 saturated carbocycles. The second-order valence-corrected chi connectivity index (χ2v) is 7.08. The lowest BCUT2D eigenvalue weighted by atomic mass is 9.97. The average Bonchev–Trinajstić information content (AvgIpc) is 2.60. The largest absolute Gasteiger partial charge is 0.379 e. The Bertz CT molecular complexity index is 642. The highest BCUT2D eigenvalue weighted by atomic mass is 16.5. The molecule has 23 heavy (non-hydrogen) atoms. The Morgan fingerprint density at radius 2 is 1.78 bits per heavy atom. The van der Waals surface area contributed by atoms with E-state index in [0.717, 1.165) is 32.8 Å². The Balaban J connectivity index is 1.69. The molecule has 0 bridgehead atoms. The van der Waals surface area contributed by atoms with Gasteiger partial charge in [0.15, 0.2) is 0 Å². The molecule has 1 saturated heterocycles. The highest BCUT2D eigenvalue weighted by Gasteiger charge is 2.28. The van der Waals surface area contributed by atoms with E-state index >= 15 is 0 Å². The highest BCUT2D eigenvalue weighted by Crippen LogP contribution is 2.25. The number of fused-ring (bicyclic) bond motifs is 1. The van der Waals surface area contributed by atoms with Crippen LogP contribution >= 0.6 is 0 Å². The molecule has 1 heterocycles. The van der Waals surface area contributed by atoms with E-state index in [1.807, 2.05) is 0 Å². The molecule has 1 aliphatic rings. The van der Waals surface area contributed by atoms with Crippen molar-refractivity contribution in [2.75, 3.05) is 32.8 Å². The third-order valence-corrected chi connectivity index (χ3v) is 5.00. The van der Waals surface area contributed by atoms with E-state index in [-0.39, 0.29) is 5.54 Å². The van der Waals surface area contributed by atoms with E-state index in [0.29, 0.717) is 6.04 Å². The van der Waals surface area contributed by atoms with E-state index in [1.165, 1.54) is 16.3 Å². The fourth-order valence-electron chi connectivity index (χ4n) is 3.42. The minimum atomic E-state index is 0.141. The summed E-state index contributed by atoms with van der Waals surface area (Å²) in [5.74, 6) is 0. The van der Waals surface area contributed by atoms with Crippen LogP contribution in [0.1, 0.15) is 32.4 Å². The van der Waals surface area contributed by atoms with Crippen LogP contribution in [0.25, 0.3) is 10.8 Å². The predicted molar refractivity (Wildman–Crippen MR) is 96.8 cm³/mol. The second-order valence-electron chi connectivity index (χ2n) is 7.08. The summed E-state index contributed by atoms with van der Waals surface area (Å²) >= 11 is 0. The van der Waals surface area contributed by atoms with Crippen molar-refractivity contribution in [3.05, 3.63) is 48.0 Å². The Hall–Kier alpha value is -1.42. The quantitative estimate of drug-likeness (QED) is 0.913. The molecule has 0 spiro atoms. The van der Waals surface area contributed by atoms with Crippen molar-refractivity contribution in [1.82, 2.24) is 10.2 Å². The molecule has 0 aliphatic carbocycles. The minimum Gasteiger partial charge on any atom is -0.379 e. The molecule has 1 aliphatic heterocycles. The van der Waals surface area contributed by atoms with E-state index in [2.05, 4.69) is 73.5 Å². The van der Waals surface area contributed by atoms with Crippen LogP contribution in [-0.2, 0) is 4.74 Å². The van der Waals surface area contributed by atoms with E-state index in [1.54, 1.807) is 0 Å². The van der Waals surface area contributed by atoms with E-state index in [4.69, 9.17) is 4.74 Å². The smallest absolute Gasteiger partial charge is 0.0594 e. The van der Waals surface area contributed by atoms with Crippen LogP contribution in [0.2, 0.25) is 0 Å². The lowest BCUT2D eigenvalue weighted by Crippen LogP contribution is -2.54. The molecule has 2 aromatic rings. The molecule has 1 atom stereocenters. The first-order valence-corrected chi connectivity index (χ1v) is 8.62. The van der Waals surface area contributed by atoms with Crippen LogP contribution < -0.4 is 5.32 Å². The zero-order valence-corrected chi connectivity index (χ0v) is 14.5. The summed E-state index contributed by atoms with van der Waals surface area (Å²) in [4.78, 5) is 2.53. The van der Waals surface area contributed by atoms with Gasteiger partial charge in [-0.2, -0.15) is 0 Å². The number of ether oxygens (including phenoxy) is 1. The summed E-state index contributed by atoms with van der Waals surface area (Å²) < 4.78 is 5.48. The maximum absolute atomic E-state index is 5.48. The van der Waals surface area contributed by atoms with Gasteiger partial charge in [-0.15, -0.1) is 0 Å². The fraction of sp³-hybridized carbons (Fsp3) is 0.500. The molecular weight excluding hydrogens is 284 g/mol. The van der Waals surface area contributed by atoms with Gasteiger partial charge in [0, 0.05) is 31.2 Å². The second kappa shape index (κ2) is 7.00. The summed E-state index contributed by atoms with van der Waals surface area (Å²) in [6.45, 7) is 11.6. The zero-order chi connectivity index (χ0) is 16.3. The molecule has 3 heteroatoms. The third kappa shape index (κ3) is 3.74. The van der Waals surface area contributed by atoms with Crippen LogP contribution in [0.5, 0.6) is 0 Å². The van der Waals surface area contributed by atoms with Crippen LogP contribution in [-0.4, -0.2) is 43.3 Å². The zero-order valence-electron chi connectivity index (χ0n) is 14.5. The summed E-state index contributed by atoms with van der Waals surface area (Å²) in [6.07, 6.45) is 0. The monoisotopic (exact) mass is 312 g/mol. The van der Waals surface area contributed by atoms with Crippen molar-refractivity contribution in [2.24, 2.45) is 0 Å². The molecule has 1 unspecified atom stereocenters. The first-order chi connectivity index (χ1) is 11.1. The predicted octanol–water partition coefficient (Wildman–Crippen LogP) is 3.60. The Morgan fingerprint density at radius 1 is 1.09 bits per heavy atom. The molecule has 0 radical (unpaired) electrons. The van der Waals surface area contributed by atoms with Gasteiger partial charge < -0.3 is 10.1 Å². The number of morpholine rings is 1. The van der Waals surface area contributed by atoms with Gasteiger partial charge in [0.1, 0.15) is 0 Å². The standard InChI is InChI=1S/C20H28N2O/c1-16(18-10-6-8-17-7-4-5-9-19(17)18)21-15-20(2,3)22-11-13-23-14-12-22/h4-10,16,21H,11-15H2,1-3H3. The molecule has 1 fully saturated rings. The third-order valence-electron chi connectivity index (χ3n) is 5.00. The van der Waals surface area contributed by atoms with Gasteiger partial charge in [0.25, 0.3) is 0 Å². The summed E-state index contributed by atoms with van der Waals surface area (Å²) in [5.41, 5.74) is 1.52. The number of nitrogens with one attached hydrogen (secondary N) is 1. The number of rotatable bonds is 5. The van der Waals surface area contributed by atoms with Gasteiger partial charge in [-0.25, -0.2) is 0 Å². The van der Waals surface area contributed by atoms with Gasteiger partial charge in [-0.05, 0) is 37.1 Å². The number of nitrogens with zero attached hydrogens (tertiary/aromatic N) is 1. The lowest BCUT2D eigenvalue weighted by Gasteiger charge is -2.41. The van der Waals surface area contributed by atoms with E-state index < -0.39 is 0 Å². The number of benzene rings is 2. The highest BCUT2D eigenvalue weighted by molar-refractivity contribution is 5.86. The molecule has 0 amide bonds. The Morgan fingerprint density at radius 3 is 2.57 bits per heavy atom. The van der Waals surface area contributed by atoms with E-state index in [9.17, 15) is 0 Å². The van der Waals surface area contributed by atoms with Crippen LogP contribution in [0.4, 0.5) is 0 Å². The average molecular weight is 312 g/mol. The molecule has 1 N–H and O–H groups in total. The van der Waals surface area contributed by atoms with Crippen molar-refractivity contribution in [3.8, 4) is 0 Å². The molecule has 0 aromatic heterocycles. The maximum atomic E-state index is 5.48. The first kappa shape index (κ1) is 16.4. The van der Waals surface area contributed by atoms with Gasteiger partial charge >= 0.3 is 0 Å². The molecule has 3 rings (SSSR count). The van der Waals surface area contributed by atoms with Gasteiger partial charge in [-0.3, -0.25) is 4.90 Å². The number of hydrogen-bond acceptors (Lipinski definition) is 3. The maximum Gasteiger partial charge on any atom is 0.0594 e. The normalized spacial score (nSPS) is 18.2. The summed E-state index contributed by atoms with van der Waals surface area (Å²) in [7, 11) is 0. The van der Waals surface area contributed by atoms with Crippen molar-refractivity contribution in [2.45, 2.75) is 32.4 Å². The SMILES string of the molecule is CC(NCC(C)(C)N1CCOCC1)c1cccc2ccccc12. The van der Waals surface area contributed by atoms with Gasteiger partial charge in [0.05, 0.1) is 13.2 Å². The van der Waals surface area contributed by atoms with Crippen LogP contribution in [0, 0.1) is 0 Å². The van der Waals surface area contributed by atoms with Crippen LogP contribution in [0.3, 0.4) is 0 Å². The molecular formula is C20H28N2O. The van der Waals surface area contributed by atoms with Crippen molar-refractivity contribution in [3.63, 3.8) is 0 Å². The first-order valence-electron chi connectivity index (χ1n) is 8.62. The summed E-state index contributed by atoms with van der Waals surface area (Å²) in [5, 5.41) is 6.40. The van der Waals surface area contributed by atoms with Crippen molar-refractivity contribution >= 4 is 10.8 Å². The molecule has 124 valence electrons. The van der Waals surface area contributed by atoms with Gasteiger partial charge in [0.2, 0.25) is 0 Å². The summed E-state index contributed by atoms with van der Waals surface area (Å²) in [6, 6.07) is 15.5. The number of hydrogen-bond donors (Lipinski definition) is 1. The lowest BCUT2D eigenvalue weighted by molar-refractivity contribution is -0.0102. The fourth-order valence-corrected chi connectivity index (χ4v) is 3.42. The Labute approximate surface area is 139 Å². The van der Waals surface area contributed by atoms with Crippen molar-refractivity contribution in [1.29, 1.82) is 0 Å². The molecule has 3 nitrogen and oxygen atoms in total. The molecule has 2 aromatic carbocycles. The Kier molecular flexibility index (Phi) is 5.00. The minimum absolute atomic E-state index is 0.141.